The van der Waals surface area contributed by atoms with Crippen LogP contribution in [0, 0.1) is 0 Å². The van der Waals surface area contributed by atoms with Gasteiger partial charge in [-0.3, -0.25) is 0 Å². The Balaban J connectivity index is 2.37. The molecule has 6 heteroatoms. The lowest BCUT2D eigenvalue weighted by atomic mass is 9.76. The molecule has 0 aliphatic carbocycles. The Labute approximate surface area is 121 Å². The van der Waals surface area contributed by atoms with Crippen molar-refractivity contribution in [2.24, 2.45) is 0 Å². The third-order valence-corrected chi connectivity index (χ3v) is 4.11. The molecule has 0 amide bonds. The zero-order valence-electron chi connectivity index (χ0n) is 13.2. The molecule has 20 heavy (non-hydrogen) atoms. The number of nitrogens with two attached hydrogens (primary N) is 1. The van der Waals surface area contributed by atoms with E-state index in [0.29, 0.717) is 12.4 Å². The van der Waals surface area contributed by atoms with Gasteiger partial charge in [-0.25, -0.2) is 4.98 Å². The standard InChI is InChI=1S/C14H24BN3O2/c1-13(2)14(3,4)20-15(19-13)11-7-8-17-12(16)10(11)9-18(5)6/h7-8H,9H2,1-6H3,(H2,16,17). The molecular formula is C14H24BN3O2. The average molecular weight is 277 g/mol. The van der Waals surface area contributed by atoms with Gasteiger partial charge < -0.3 is 19.9 Å². The molecule has 0 radical (unpaired) electrons. The number of hydrogen-bond donors (Lipinski definition) is 1. The number of hydrogen-bond acceptors (Lipinski definition) is 5. The SMILES string of the molecule is CN(C)Cc1c(B2OC(C)(C)C(C)(C)O2)ccnc1N. The molecule has 110 valence electrons. The van der Waals surface area contributed by atoms with Crippen LogP contribution in [0.3, 0.4) is 0 Å². The number of rotatable bonds is 3. The lowest BCUT2D eigenvalue weighted by Crippen LogP contribution is -2.41. The van der Waals surface area contributed by atoms with Crippen molar-refractivity contribution in [1.82, 2.24) is 9.88 Å². The van der Waals surface area contributed by atoms with Gasteiger partial charge in [-0.2, -0.15) is 0 Å². The molecule has 2 heterocycles. The molecule has 0 saturated carbocycles. The number of nitrogen functional groups attached to an aromatic ring is 1. The molecule has 1 aliphatic heterocycles. The summed E-state index contributed by atoms with van der Waals surface area (Å²) in [4.78, 5) is 6.23. The van der Waals surface area contributed by atoms with E-state index in [1.54, 1.807) is 6.20 Å². The predicted octanol–water partition coefficient (Wildman–Crippen LogP) is 1.02. The maximum atomic E-state index is 6.10. The molecule has 0 unspecified atom stereocenters. The van der Waals surface area contributed by atoms with Gasteiger partial charge in [0.15, 0.2) is 0 Å². The molecule has 5 nitrogen and oxygen atoms in total. The van der Waals surface area contributed by atoms with Crippen molar-refractivity contribution in [3.8, 4) is 0 Å². The van der Waals surface area contributed by atoms with Crippen molar-refractivity contribution in [1.29, 1.82) is 0 Å². The van der Waals surface area contributed by atoms with Crippen LogP contribution in [-0.2, 0) is 15.9 Å². The Bertz CT molecular complexity index is 487. The lowest BCUT2D eigenvalue weighted by molar-refractivity contribution is 0.00578. The van der Waals surface area contributed by atoms with Crippen LogP contribution in [0.2, 0.25) is 0 Å². The molecule has 1 aromatic heterocycles. The fourth-order valence-corrected chi connectivity index (χ4v) is 2.20. The van der Waals surface area contributed by atoms with Crippen LogP contribution in [0.25, 0.3) is 0 Å². The molecule has 0 spiro atoms. The molecule has 2 N–H and O–H groups in total. The normalized spacial score (nSPS) is 20.6. The van der Waals surface area contributed by atoms with Crippen molar-refractivity contribution >= 4 is 18.4 Å². The maximum absolute atomic E-state index is 6.10. The average Bonchev–Trinajstić information content (AvgIpc) is 2.50. The number of anilines is 1. The van der Waals surface area contributed by atoms with Gasteiger partial charge in [0.1, 0.15) is 5.82 Å². The van der Waals surface area contributed by atoms with Crippen LogP contribution in [0.4, 0.5) is 5.82 Å². The summed E-state index contributed by atoms with van der Waals surface area (Å²) in [6, 6.07) is 1.93. The summed E-state index contributed by atoms with van der Waals surface area (Å²) in [6.07, 6.45) is 1.70. The first kappa shape index (κ1) is 15.3. The molecule has 0 bridgehead atoms. The first-order valence-electron chi connectivity index (χ1n) is 6.88. The van der Waals surface area contributed by atoms with Crippen LogP contribution in [0.15, 0.2) is 12.3 Å². The second-order valence-electron chi connectivity index (χ2n) is 6.59. The summed E-state index contributed by atoms with van der Waals surface area (Å²) < 4.78 is 12.2. The molecule has 2 rings (SSSR count). The Kier molecular flexibility index (Phi) is 3.84. The monoisotopic (exact) mass is 277 g/mol. The van der Waals surface area contributed by atoms with Crippen LogP contribution < -0.4 is 11.2 Å². The smallest absolute Gasteiger partial charge is 0.399 e. The fraction of sp³-hybridized carbons (Fsp3) is 0.643. The molecule has 1 aliphatic rings. The third-order valence-electron chi connectivity index (χ3n) is 4.11. The van der Waals surface area contributed by atoms with Crippen molar-refractivity contribution < 1.29 is 9.31 Å². The topological polar surface area (TPSA) is 60.6 Å². The van der Waals surface area contributed by atoms with Crippen LogP contribution in [-0.4, -0.2) is 42.3 Å². The number of pyridine rings is 1. The van der Waals surface area contributed by atoms with E-state index >= 15 is 0 Å². The Morgan fingerprint density at radius 3 is 2.25 bits per heavy atom. The minimum Gasteiger partial charge on any atom is -0.399 e. The van der Waals surface area contributed by atoms with E-state index in [4.69, 9.17) is 15.0 Å². The highest BCUT2D eigenvalue weighted by Gasteiger charge is 2.52. The first-order valence-corrected chi connectivity index (χ1v) is 6.88. The van der Waals surface area contributed by atoms with Gasteiger partial charge in [-0.05, 0) is 53.3 Å². The Morgan fingerprint density at radius 1 is 1.20 bits per heavy atom. The maximum Gasteiger partial charge on any atom is 0.495 e. The molecular weight excluding hydrogens is 253 g/mol. The van der Waals surface area contributed by atoms with E-state index < -0.39 is 7.12 Å². The van der Waals surface area contributed by atoms with Crippen LogP contribution in [0.1, 0.15) is 33.3 Å². The Morgan fingerprint density at radius 2 is 1.75 bits per heavy atom. The summed E-state index contributed by atoms with van der Waals surface area (Å²) in [5.74, 6) is 0.533. The minimum absolute atomic E-state index is 0.356. The van der Waals surface area contributed by atoms with Crippen LogP contribution in [0.5, 0.6) is 0 Å². The summed E-state index contributed by atoms with van der Waals surface area (Å²) in [5.41, 5.74) is 7.24. The minimum atomic E-state index is -0.403. The Hall–Kier alpha value is -1.11. The molecule has 1 fully saturated rings. The summed E-state index contributed by atoms with van der Waals surface area (Å²) >= 11 is 0. The fourth-order valence-electron chi connectivity index (χ4n) is 2.20. The number of nitrogens with zero attached hydrogens (tertiary/aromatic N) is 2. The highest BCUT2D eigenvalue weighted by molar-refractivity contribution is 6.62. The second-order valence-corrected chi connectivity index (χ2v) is 6.59. The van der Waals surface area contributed by atoms with Crippen molar-refractivity contribution in [3.05, 3.63) is 17.8 Å². The number of aromatic nitrogens is 1. The van der Waals surface area contributed by atoms with Crippen molar-refractivity contribution in [3.63, 3.8) is 0 Å². The zero-order valence-corrected chi connectivity index (χ0v) is 13.2. The summed E-state index contributed by atoms with van der Waals surface area (Å²) in [7, 11) is 3.60. The van der Waals surface area contributed by atoms with Gasteiger partial charge in [0.2, 0.25) is 0 Å². The van der Waals surface area contributed by atoms with E-state index in [1.807, 2.05) is 47.9 Å². The zero-order chi connectivity index (χ0) is 15.1. The van der Waals surface area contributed by atoms with Crippen LogP contribution >= 0.6 is 0 Å². The van der Waals surface area contributed by atoms with E-state index in [-0.39, 0.29) is 11.2 Å². The molecule has 0 aromatic carbocycles. The van der Waals surface area contributed by atoms with E-state index in [1.165, 1.54) is 0 Å². The quantitative estimate of drug-likeness (QED) is 0.836. The largest absolute Gasteiger partial charge is 0.495 e. The lowest BCUT2D eigenvalue weighted by Gasteiger charge is -2.32. The second kappa shape index (κ2) is 5.02. The van der Waals surface area contributed by atoms with Gasteiger partial charge in [0.25, 0.3) is 0 Å². The van der Waals surface area contributed by atoms with E-state index in [9.17, 15) is 0 Å². The molecule has 1 aromatic rings. The van der Waals surface area contributed by atoms with Gasteiger partial charge in [-0.1, -0.05) is 0 Å². The summed E-state index contributed by atoms with van der Waals surface area (Å²) in [6.45, 7) is 8.89. The van der Waals surface area contributed by atoms with Gasteiger partial charge in [0.05, 0.1) is 11.2 Å². The molecule has 0 atom stereocenters. The molecule has 1 saturated heterocycles. The van der Waals surface area contributed by atoms with Crippen molar-refractivity contribution in [2.75, 3.05) is 19.8 Å². The van der Waals surface area contributed by atoms with Crippen molar-refractivity contribution in [2.45, 2.75) is 45.4 Å². The first-order chi connectivity index (χ1) is 9.14. The highest BCUT2D eigenvalue weighted by atomic mass is 16.7. The highest BCUT2D eigenvalue weighted by Crippen LogP contribution is 2.36. The van der Waals surface area contributed by atoms with Gasteiger partial charge >= 0.3 is 7.12 Å². The predicted molar refractivity (Wildman–Crippen MR) is 81.8 cm³/mol. The van der Waals surface area contributed by atoms with Gasteiger partial charge in [-0.15, -0.1) is 0 Å². The third kappa shape index (κ3) is 2.68. The van der Waals surface area contributed by atoms with E-state index in [0.717, 1.165) is 11.0 Å². The summed E-state index contributed by atoms with van der Waals surface area (Å²) in [5, 5.41) is 0. The van der Waals surface area contributed by atoms with E-state index in [2.05, 4.69) is 9.88 Å². The van der Waals surface area contributed by atoms with Gasteiger partial charge in [0, 0.05) is 18.3 Å².